The normalized spacial score (nSPS) is 39.5. The molecule has 0 amide bonds. The molecule has 0 aliphatic heterocycles. The van der Waals surface area contributed by atoms with Crippen molar-refractivity contribution >= 4 is 0 Å². The van der Waals surface area contributed by atoms with Gasteiger partial charge in [-0.15, -0.1) is 0 Å². The summed E-state index contributed by atoms with van der Waals surface area (Å²) < 4.78 is 0. The van der Waals surface area contributed by atoms with Crippen molar-refractivity contribution in [3.05, 3.63) is 29.6 Å². The van der Waals surface area contributed by atoms with Crippen LogP contribution in [0.15, 0.2) is 18.2 Å². The van der Waals surface area contributed by atoms with Crippen molar-refractivity contribution in [1.29, 1.82) is 0 Å². The lowest BCUT2D eigenvalue weighted by molar-refractivity contribution is -0.0977. The highest BCUT2D eigenvalue weighted by atomic mass is 16.3. The largest absolute Gasteiger partial charge is 0.383 e. The molecule has 3 heteroatoms. The Morgan fingerprint density at radius 3 is 1.54 bits per heavy atom. The quantitative estimate of drug-likeness (QED) is 0.703. The van der Waals surface area contributed by atoms with Gasteiger partial charge in [0.1, 0.15) is 11.2 Å². The van der Waals surface area contributed by atoms with Gasteiger partial charge < -0.3 is 10.2 Å². The zero-order chi connectivity index (χ0) is 20.7. The van der Waals surface area contributed by atoms with Crippen LogP contribution in [0, 0.1) is 35.5 Å². The first-order valence-corrected chi connectivity index (χ1v) is 11.5. The highest BCUT2D eigenvalue weighted by Gasteiger charge is 2.48. The van der Waals surface area contributed by atoms with Crippen LogP contribution in [0.4, 0.5) is 0 Å². The molecule has 2 saturated carbocycles. The molecule has 0 radical (unpaired) electrons. The average Bonchev–Trinajstić information content (AvgIpc) is 2.61. The van der Waals surface area contributed by atoms with Crippen LogP contribution in [0.3, 0.4) is 0 Å². The Kier molecular flexibility index (Phi) is 6.27. The molecule has 1 aromatic rings. The van der Waals surface area contributed by atoms with Crippen LogP contribution in [0.25, 0.3) is 0 Å². The van der Waals surface area contributed by atoms with E-state index in [1.54, 1.807) is 0 Å². The summed E-state index contributed by atoms with van der Waals surface area (Å²) in [6, 6.07) is 5.97. The number of hydrogen-bond donors (Lipinski definition) is 2. The highest BCUT2D eigenvalue weighted by molar-refractivity contribution is 5.24. The fourth-order valence-electron chi connectivity index (χ4n) is 6.25. The van der Waals surface area contributed by atoms with Crippen LogP contribution in [0.2, 0.25) is 0 Å². The Labute approximate surface area is 172 Å². The van der Waals surface area contributed by atoms with Gasteiger partial charge in [-0.05, 0) is 73.3 Å². The third-order valence-electron chi connectivity index (χ3n) is 7.73. The number of hydrogen-bond acceptors (Lipinski definition) is 3. The van der Waals surface area contributed by atoms with Crippen LogP contribution in [0.1, 0.15) is 91.5 Å². The highest BCUT2D eigenvalue weighted by Crippen LogP contribution is 2.49. The molecular formula is C25H41NO2. The molecule has 3 nitrogen and oxygen atoms in total. The number of aliphatic hydroxyl groups is 2. The molecule has 0 bridgehead atoms. The standard InChI is InChI=1S/C25H41NO2/c1-16(2)20-12-10-18(5)14-24(20,27)22-8-7-9-23(26-22)25(28)15-19(6)11-13-21(25)17(3)4/h7-9,16-21,27-28H,10-15H2,1-6H3/t18-,19-,20+,21+,24-,25-/m0/s1. The molecule has 1 aromatic heterocycles. The van der Waals surface area contributed by atoms with Crippen molar-refractivity contribution < 1.29 is 10.2 Å². The second kappa shape index (κ2) is 8.07. The molecule has 28 heavy (non-hydrogen) atoms. The molecule has 0 spiro atoms. The maximum absolute atomic E-state index is 11.8. The molecule has 2 N–H and O–H groups in total. The summed E-state index contributed by atoms with van der Waals surface area (Å²) in [5, 5.41) is 23.7. The average molecular weight is 388 g/mol. The summed E-state index contributed by atoms with van der Waals surface area (Å²) in [5.74, 6) is 2.23. The van der Waals surface area contributed by atoms with E-state index < -0.39 is 11.2 Å². The molecule has 6 atom stereocenters. The summed E-state index contributed by atoms with van der Waals surface area (Å²) in [6.07, 6.45) is 5.93. The molecule has 0 aromatic carbocycles. The second-order valence-corrected chi connectivity index (χ2v) is 10.7. The van der Waals surface area contributed by atoms with E-state index in [1.807, 2.05) is 18.2 Å². The predicted octanol–water partition coefficient (Wildman–Crippen LogP) is 5.64. The Morgan fingerprint density at radius 2 is 1.18 bits per heavy atom. The Morgan fingerprint density at radius 1 is 0.786 bits per heavy atom. The van der Waals surface area contributed by atoms with Crippen molar-refractivity contribution in [2.24, 2.45) is 35.5 Å². The van der Waals surface area contributed by atoms with Gasteiger partial charge >= 0.3 is 0 Å². The topological polar surface area (TPSA) is 53.4 Å². The van der Waals surface area contributed by atoms with Crippen LogP contribution >= 0.6 is 0 Å². The van der Waals surface area contributed by atoms with Gasteiger partial charge in [0, 0.05) is 0 Å². The predicted molar refractivity (Wildman–Crippen MR) is 115 cm³/mol. The van der Waals surface area contributed by atoms with Crippen molar-refractivity contribution in [3.8, 4) is 0 Å². The monoisotopic (exact) mass is 387 g/mol. The summed E-state index contributed by atoms with van der Waals surface area (Å²) in [6.45, 7) is 13.3. The fourth-order valence-corrected chi connectivity index (χ4v) is 6.25. The molecule has 0 saturated heterocycles. The van der Waals surface area contributed by atoms with E-state index in [1.165, 1.54) is 12.8 Å². The smallest absolute Gasteiger partial charge is 0.110 e. The van der Waals surface area contributed by atoms with Crippen LogP contribution in [-0.2, 0) is 11.2 Å². The Bertz CT molecular complexity index is 619. The van der Waals surface area contributed by atoms with Crippen molar-refractivity contribution in [2.75, 3.05) is 0 Å². The van der Waals surface area contributed by atoms with Gasteiger partial charge in [0.2, 0.25) is 0 Å². The Hall–Kier alpha value is -0.930. The van der Waals surface area contributed by atoms with Gasteiger partial charge in [-0.3, -0.25) is 4.98 Å². The van der Waals surface area contributed by atoms with Crippen molar-refractivity contribution in [3.63, 3.8) is 0 Å². The minimum Gasteiger partial charge on any atom is -0.383 e. The van der Waals surface area contributed by atoms with E-state index >= 15 is 0 Å². The van der Waals surface area contributed by atoms with Gasteiger partial charge in [0.25, 0.3) is 0 Å². The molecule has 2 fully saturated rings. The molecule has 2 aliphatic carbocycles. The van der Waals surface area contributed by atoms with Crippen LogP contribution in [-0.4, -0.2) is 15.2 Å². The van der Waals surface area contributed by atoms with E-state index in [4.69, 9.17) is 4.98 Å². The van der Waals surface area contributed by atoms with Gasteiger partial charge in [0.15, 0.2) is 0 Å². The molecule has 0 unspecified atom stereocenters. The summed E-state index contributed by atoms with van der Waals surface area (Å²) in [7, 11) is 0. The first-order valence-electron chi connectivity index (χ1n) is 11.5. The maximum Gasteiger partial charge on any atom is 0.110 e. The Balaban J connectivity index is 2.03. The molecule has 2 aliphatic rings. The first kappa shape index (κ1) is 21.8. The number of nitrogens with zero attached hydrogens (tertiary/aromatic N) is 1. The summed E-state index contributed by atoms with van der Waals surface area (Å²) in [5.41, 5.74) is -0.258. The number of pyridine rings is 1. The molecule has 3 rings (SSSR count). The lowest BCUT2D eigenvalue weighted by Crippen LogP contribution is -2.46. The molecule has 1 heterocycles. The van der Waals surface area contributed by atoms with E-state index in [0.29, 0.717) is 23.7 Å². The van der Waals surface area contributed by atoms with Crippen molar-refractivity contribution in [1.82, 2.24) is 4.98 Å². The SMILES string of the molecule is CC(C)[C@H]1CC[C@H](C)C[C@@]1(O)c1cccc([C@]2(O)C[C@@H](C)CC[C@@H]2C(C)C)n1. The third-order valence-corrected chi connectivity index (χ3v) is 7.73. The molecule has 158 valence electrons. The zero-order valence-electron chi connectivity index (χ0n) is 18.8. The number of rotatable bonds is 4. The second-order valence-electron chi connectivity index (χ2n) is 10.7. The summed E-state index contributed by atoms with van der Waals surface area (Å²) >= 11 is 0. The lowest BCUT2D eigenvalue weighted by atomic mass is 9.64. The van der Waals surface area contributed by atoms with Gasteiger partial charge in [0.05, 0.1) is 11.4 Å². The van der Waals surface area contributed by atoms with Gasteiger partial charge in [-0.2, -0.15) is 0 Å². The first-order chi connectivity index (χ1) is 13.1. The lowest BCUT2D eigenvalue weighted by Gasteiger charge is -2.46. The fraction of sp³-hybridized carbons (Fsp3) is 0.800. The van der Waals surface area contributed by atoms with E-state index in [-0.39, 0.29) is 11.8 Å². The zero-order valence-corrected chi connectivity index (χ0v) is 18.8. The van der Waals surface area contributed by atoms with Gasteiger partial charge in [-0.1, -0.05) is 60.5 Å². The van der Waals surface area contributed by atoms with E-state index in [0.717, 1.165) is 37.1 Å². The molecular weight excluding hydrogens is 346 g/mol. The maximum atomic E-state index is 11.8. The van der Waals surface area contributed by atoms with Gasteiger partial charge in [-0.25, -0.2) is 0 Å². The number of aromatic nitrogens is 1. The van der Waals surface area contributed by atoms with Crippen molar-refractivity contribution in [2.45, 2.75) is 91.3 Å². The van der Waals surface area contributed by atoms with E-state index in [9.17, 15) is 10.2 Å². The van der Waals surface area contributed by atoms with Crippen LogP contribution < -0.4 is 0 Å². The van der Waals surface area contributed by atoms with E-state index in [2.05, 4.69) is 41.5 Å². The minimum atomic E-state index is -0.897. The minimum absolute atomic E-state index is 0.215. The summed E-state index contributed by atoms with van der Waals surface area (Å²) in [4.78, 5) is 5.00. The third kappa shape index (κ3) is 3.89. The van der Waals surface area contributed by atoms with Crippen LogP contribution in [0.5, 0.6) is 0 Å².